The maximum absolute atomic E-state index is 12.3. The summed E-state index contributed by atoms with van der Waals surface area (Å²) in [7, 11) is 7.15. The molecule has 3 fully saturated rings. The first-order valence-corrected chi connectivity index (χ1v) is 15.9. The van der Waals surface area contributed by atoms with Gasteiger partial charge in [-0.1, -0.05) is 36.6 Å². The molecule has 0 spiro atoms. The number of carbonyl (C=O) groups is 1. The molecule has 4 aliphatic rings. The minimum absolute atomic E-state index is 0.175. The van der Waals surface area contributed by atoms with Crippen LogP contribution in [0, 0.1) is 28.8 Å². The predicted molar refractivity (Wildman–Crippen MR) is 152 cm³/mol. The van der Waals surface area contributed by atoms with Gasteiger partial charge in [-0.15, -0.1) is 0 Å². The first-order valence-electron chi connectivity index (χ1n) is 13.2. The summed E-state index contributed by atoms with van der Waals surface area (Å²) in [5, 5.41) is 12.1. The van der Waals surface area contributed by atoms with Crippen molar-refractivity contribution in [1.29, 1.82) is 0 Å². The minimum Gasteiger partial charge on any atom is -0.378 e. The number of anilines is 1. The van der Waals surface area contributed by atoms with E-state index in [1.807, 2.05) is 0 Å². The Kier molecular flexibility index (Phi) is 7.10. The minimum atomic E-state index is -2.74. The quantitative estimate of drug-likeness (QED) is 0.377. The molecule has 37 heavy (non-hydrogen) atoms. The molecule has 1 aromatic rings. The van der Waals surface area contributed by atoms with Gasteiger partial charge in [-0.05, 0) is 90.3 Å². The molecule has 0 radical (unpaired) electrons. The number of fused-ring (bicyclic) bond motifs is 4. The van der Waals surface area contributed by atoms with Gasteiger partial charge in [0.1, 0.15) is 11.4 Å². The molecule has 3 saturated carbocycles. The van der Waals surface area contributed by atoms with E-state index in [1.165, 1.54) is 42.2 Å². The van der Waals surface area contributed by atoms with Crippen LogP contribution in [-0.4, -0.2) is 44.8 Å². The highest BCUT2D eigenvalue weighted by atomic mass is 32.5. The highest BCUT2D eigenvalue weighted by molar-refractivity contribution is 8.12. The van der Waals surface area contributed by atoms with E-state index in [1.54, 1.807) is 0 Å². The van der Waals surface area contributed by atoms with E-state index in [2.05, 4.69) is 67.8 Å². The first-order chi connectivity index (χ1) is 17.5. The average Bonchev–Trinajstić information content (AvgIpc) is 3.17. The van der Waals surface area contributed by atoms with Crippen LogP contribution in [0.1, 0.15) is 63.4 Å². The van der Waals surface area contributed by atoms with E-state index < -0.39 is 17.5 Å². The van der Waals surface area contributed by atoms with Gasteiger partial charge in [-0.25, -0.2) is 0 Å². The second-order valence-corrected chi connectivity index (χ2v) is 14.9. The fourth-order valence-electron chi connectivity index (χ4n) is 7.44. The number of allylic oxidation sites excluding steroid dienone is 4. The largest absolute Gasteiger partial charge is 0.378 e. The maximum atomic E-state index is 12.3. The summed E-state index contributed by atoms with van der Waals surface area (Å²) >= 11 is 5.51. The van der Waals surface area contributed by atoms with Gasteiger partial charge in [0.15, 0.2) is 0 Å². The van der Waals surface area contributed by atoms with Crippen LogP contribution in [0.3, 0.4) is 0 Å². The zero-order valence-corrected chi connectivity index (χ0v) is 24.3. The molecule has 0 aliphatic heterocycles. The molecule has 0 bridgehead atoms. The number of hydrogen-bond acceptors (Lipinski definition) is 6. The van der Waals surface area contributed by atoms with E-state index in [4.69, 9.17) is 20.9 Å². The predicted octanol–water partition coefficient (Wildman–Crippen LogP) is 5.95. The molecule has 1 N–H and O–H groups in total. The molecule has 0 unspecified atom stereocenters. The SMILES string of the molecule is COP(=S)(C#C[C@]1(O)CC[C@H]2[C@@H]3CC=C4CC(=O)CCC4=C3[C@@H](c3ccc(N(C)C)cc3)C[C@@]21C)OC. The number of Topliss-reactive ketones (excluding diaryl/α,β-unsaturated/α-hetero) is 1. The number of ketones is 1. The summed E-state index contributed by atoms with van der Waals surface area (Å²) in [5.74, 6) is 4.38. The Balaban J connectivity index is 1.62. The smallest absolute Gasteiger partial charge is 0.263 e. The Morgan fingerprint density at radius 2 is 1.86 bits per heavy atom. The summed E-state index contributed by atoms with van der Waals surface area (Å²) in [6, 6.07) is 8.86. The molecule has 4 aliphatic carbocycles. The van der Waals surface area contributed by atoms with Gasteiger partial charge >= 0.3 is 0 Å². The molecule has 5 rings (SSSR count). The first kappa shape index (κ1) is 26.9. The van der Waals surface area contributed by atoms with Crippen molar-refractivity contribution in [2.45, 2.75) is 63.4 Å². The Bertz CT molecular complexity index is 1260. The van der Waals surface area contributed by atoms with E-state index in [-0.39, 0.29) is 5.92 Å². The van der Waals surface area contributed by atoms with Gasteiger partial charge in [0.2, 0.25) is 0 Å². The fraction of sp³-hybridized carbons (Fsp3) is 0.567. The van der Waals surface area contributed by atoms with E-state index >= 15 is 0 Å². The molecule has 0 aromatic heterocycles. The van der Waals surface area contributed by atoms with E-state index in [0.29, 0.717) is 36.9 Å². The molecule has 0 saturated heterocycles. The van der Waals surface area contributed by atoms with Crippen molar-refractivity contribution < 1.29 is 18.9 Å². The average molecular weight is 540 g/mol. The van der Waals surface area contributed by atoms with Crippen LogP contribution < -0.4 is 4.90 Å². The molecular formula is C30H38NO4PS. The Morgan fingerprint density at radius 1 is 1.16 bits per heavy atom. The van der Waals surface area contributed by atoms with Gasteiger partial charge in [-0.2, -0.15) is 0 Å². The topological polar surface area (TPSA) is 59.0 Å². The van der Waals surface area contributed by atoms with Gasteiger partial charge in [0, 0.05) is 58.2 Å². The molecular weight excluding hydrogens is 501 g/mol. The lowest BCUT2D eigenvalue weighted by molar-refractivity contribution is -0.118. The summed E-state index contributed by atoms with van der Waals surface area (Å²) in [6.07, 6.45) is 7.61. The number of carbonyl (C=O) groups excluding carboxylic acids is 1. The van der Waals surface area contributed by atoms with Crippen LogP contribution in [0.4, 0.5) is 5.69 Å². The molecule has 1 aromatic carbocycles. The van der Waals surface area contributed by atoms with Gasteiger partial charge < -0.3 is 19.1 Å². The Labute approximate surface area is 226 Å². The van der Waals surface area contributed by atoms with Crippen molar-refractivity contribution in [3.8, 4) is 11.6 Å². The van der Waals surface area contributed by atoms with Crippen molar-refractivity contribution in [3.05, 3.63) is 52.6 Å². The van der Waals surface area contributed by atoms with Crippen molar-refractivity contribution in [3.63, 3.8) is 0 Å². The summed E-state index contributed by atoms with van der Waals surface area (Å²) in [5.41, 5.74) is 8.09. The fourth-order valence-corrected chi connectivity index (χ4v) is 8.23. The lowest BCUT2D eigenvalue weighted by atomic mass is 9.51. The number of nitrogens with zero attached hydrogens (tertiary/aromatic N) is 1. The lowest BCUT2D eigenvalue weighted by Crippen LogP contribution is -2.50. The zero-order chi connectivity index (χ0) is 26.6. The van der Waals surface area contributed by atoms with E-state index in [9.17, 15) is 9.90 Å². The Morgan fingerprint density at radius 3 is 2.51 bits per heavy atom. The van der Waals surface area contributed by atoms with Gasteiger partial charge in [0.05, 0.1) is 0 Å². The van der Waals surface area contributed by atoms with Crippen molar-refractivity contribution >= 4 is 29.8 Å². The van der Waals surface area contributed by atoms with Crippen molar-refractivity contribution in [2.24, 2.45) is 17.3 Å². The molecule has 5 nitrogen and oxygen atoms in total. The van der Waals surface area contributed by atoms with Gasteiger partial charge in [0.25, 0.3) is 6.49 Å². The number of hydrogen-bond donors (Lipinski definition) is 1. The third kappa shape index (κ3) is 4.48. The lowest BCUT2D eigenvalue weighted by Gasteiger charge is -2.53. The zero-order valence-electron chi connectivity index (χ0n) is 22.5. The maximum Gasteiger partial charge on any atom is 0.263 e. The molecule has 5 atom stereocenters. The number of aliphatic hydroxyl groups is 1. The third-order valence-electron chi connectivity index (χ3n) is 9.56. The number of rotatable bonds is 4. The van der Waals surface area contributed by atoms with Crippen LogP contribution in [0.5, 0.6) is 0 Å². The van der Waals surface area contributed by atoms with Crippen LogP contribution in [0.15, 0.2) is 47.1 Å². The van der Waals surface area contributed by atoms with Crippen LogP contribution >= 0.6 is 6.49 Å². The van der Waals surface area contributed by atoms with E-state index in [0.717, 1.165) is 25.7 Å². The normalized spacial score (nSPS) is 33.1. The van der Waals surface area contributed by atoms with Gasteiger partial charge in [-0.3, -0.25) is 4.79 Å². The summed E-state index contributed by atoms with van der Waals surface area (Å²) in [4.78, 5) is 14.4. The van der Waals surface area contributed by atoms with Crippen molar-refractivity contribution in [2.75, 3.05) is 33.2 Å². The second kappa shape index (κ2) is 9.78. The summed E-state index contributed by atoms with van der Waals surface area (Å²) in [6.45, 7) is -0.508. The molecule has 0 heterocycles. The molecule has 0 amide bonds. The van der Waals surface area contributed by atoms with Crippen LogP contribution in [0.2, 0.25) is 0 Å². The monoisotopic (exact) mass is 539 g/mol. The highest BCUT2D eigenvalue weighted by Crippen LogP contribution is 2.66. The highest BCUT2D eigenvalue weighted by Gasteiger charge is 2.62. The van der Waals surface area contributed by atoms with Crippen LogP contribution in [-0.2, 0) is 25.6 Å². The standard InChI is InChI=1S/C30H38NO4PS/c1-29-19-26(20-6-9-22(10-7-20)31(2)3)28-24-13-11-23(32)18-21(24)8-12-25(28)27(29)14-15-30(29,33)16-17-36(37,34-4)35-5/h6-10,25-27,33H,11-15,18-19H2,1-5H3/t25-,26+,27-,29-,30+/m0/s1. The molecule has 7 heteroatoms. The Hall–Kier alpha value is -1.74. The van der Waals surface area contributed by atoms with Crippen LogP contribution in [0.25, 0.3) is 0 Å². The summed E-state index contributed by atoms with van der Waals surface area (Å²) < 4.78 is 10.8. The van der Waals surface area contributed by atoms with Crippen molar-refractivity contribution in [1.82, 2.24) is 0 Å². The second-order valence-electron chi connectivity index (χ2n) is 11.5. The number of benzene rings is 1. The molecule has 198 valence electrons. The third-order valence-corrected chi connectivity index (χ3v) is 12.1.